The molecule has 0 saturated carbocycles. The van der Waals surface area contributed by atoms with Crippen molar-refractivity contribution in [3.05, 3.63) is 80.6 Å². The van der Waals surface area contributed by atoms with E-state index >= 15 is 0 Å². The van der Waals surface area contributed by atoms with Gasteiger partial charge in [0.05, 0.1) is 5.56 Å². The lowest BCUT2D eigenvalue weighted by atomic mass is 9.87. The van der Waals surface area contributed by atoms with Crippen LogP contribution in [0.3, 0.4) is 0 Å². The van der Waals surface area contributed by atoms with Gasteiger partial charge in [-0.25, -0.2) is 4.98 Å². The fraction of sp³-hybridized carbons (Fsp3) is 0.182. The minimum absolute atomic E-state index is 0.122. The third-order valence-corrected chi connectivity index (χ3v) is 6.08. The van der Waals surface area contributed by atoms with Crippen molar-refractivity contribution >= 4 is 41.0 Å². The number of primary amides is 1. The first-order chi connectivity index (χ1) is 15.4. The molecule has 10 heteroatoms. The number of amides is 2. The molecular weight excluding hydrogens is 452 g/mol. The van der Waals surface area contributed by atoms with Crippen LogP contribution in [-0.4, -0.2) is 28.4 Å². The molecule has 2 heterocycles. The van der Waals surface area contributed by atoms with Crippen LogP contribution in [-0.2, 0) is 15.3 Å². The van der Waals surface area contributed by atoms with Crippen LogP contribution in [0, 0.1) is 0 Å². The molecule has 4 rings (SSSR count). The van der Waals surface area contributed by atoms with E-state index in [0.29, 0.717) is 27.2 Å². The summed E-state index contributed by atoms with van der Waals surface area (Å²) in [7, 11) is 0. The standard InChI is InChI=1S/C22H19ClN4O4S/c23-14-5-1-12(2-6-14)11-32-22-26-20-19(21(30)27-22)16(9-18(29)25-20)13-3-7-15(8-4-13)31-10-17(24)28/h1-8,16H,9-11H2,(H2,24,28)(H2,25,26,27,29,30)/t16-/m1/s1. The molecule has 0 aliphatic carbocycles. The highest BCUT2D eigenvalue weighted by Crippen LogP contribution is 2.35. The van der Waals surface area contributed by atoms with E-state index in [1.807, 2.05) is 12.1 Å². The van der Waals surface area contributed by atoms with Gasteiger partial charge in [-0.15, -0.1) is 0 Å². The topological polar surface area (TPSA) is 127 Å². The van der Waals surface area contributed by atoms with Gasteiger partial charge in [0.1, 0.15) is 11.6 Å². The maximum absolute atomic E-state index is 12.9. The van der Waals surface area contributed by atoms with Gasteiger partial charge in [0.25, 0.3) is 11.5 Å². The highest BCUT2D eigenvalue weighted by atomic mass is 35.5. The van der Waals surface area contributed by atoms with Gasteiger partial charge in [0.15, 0.2) is 11.8 Å². The van der Waals surface area contributed by atoms with Crippen LogP contribution in [0.1, 0.15) is 29.0 Å². The first-order valence-corrected chi connectivity index (χ1v) is 11.1. The quantitative estimate of drug-likeness (QED) is 0.359. The van der Waals surface area contributed by atoms with Gasteiger partial charge in [-0.3, -0.25) is 14.4 Å². The number of aromatic nitrogens is 2. The summed E-state index contributed by atoms with van der Waals surface area (Å²) >= 11 is 7.27. The lowest BCUT2D eigenvalue weighted by molar-refractivity contribution is -0.120. The average molecular weight is 471 g/mol. The first-order valence-electron chi connectivity index (χ1n) is 9.71. The van der Waals surface area contributed by atoms with Gasteiger partial charge in [-0.1, -0.05) is 47.6 Å². The van der Waals surface area contributed by atoms with Crippen LogP contribution in [0.15, 0.2) is 58.5 Å². The van der Waals surface area contributed by atoms with Gasteiger partial charge in [-0.05, 0) is 35.4 Å². The van der Waals surface area contributed by atoms with Crippen LogP contribution < -0.4 is 21.3 Å². The Morgan fingerprint density at radius 2 is 1.88 bits per heavy atom. The number of carbonyl (C=O) groups is 2. The minimum Gasteiger partial charge on any atom is -0.484 e. The highest BCUT2D eigenvalue weighted by molar-refractivity contribution is 7.98. The zero-order valence-electron chi connectivity index (χ0n) is 16.8. The number of hydrogen-bond donors (Lipinski definition) is 3. The number of carbonyl (C=O) groups excluding carboxylic acids is 2. The van der Waals surface area contributed by atoms with Gasteiger partial charge < -0.3 is 20.8 Å². The van der Waals surface area contributed by atoms with E-state index in [4.69, 9.17) is 22.1 Å². The summed E-state index contributed by atoms with van der Waals surface area (Å²) in [5.41, 5.74) is 6.99. The smallest absolute Gasteiger partial charge is 0.257 e. The summed E-state index contributed by atoms with van der Waals surface area (Å²) in [6.45, 7) is -0.228. The normalized spacial score (nSPS) is 15.0. The van der Waals surface area contributed by atoms with Crippen LogP contribution in [0.4, 0.5) is 5.82 Å². The van der Waals surface area contributed by atoms with E-state index in [1.54, 1.807) is 36.4 Å². The number of nitrogens with one attached hydrogen (secondary N) is 2. The molecule has 1 aliphatic heterocycles. The summed E-state index contributed by atoms with van der Waals surface area (Å²) in [6, 6.07) is 14.3. The second-order valence-electron chi connectivity index (χ2n) is 7.18. The number of nitrogens with two attached hydrogens (primary N) is 1. The van der Waals surface area contributed by atoms with Gasteiger partial charge in [0, 0.05) is 23.1 Å². The highest BCUT2D eigenvalue weighted by Gasteiger charge is 2.31. The molecule has 4 N–H and O–H groups in total. The molecule has 0 unspecified atom stereocenters. The number of nitrogens with zero attached hydrogens (tertiary/aromatic N) is 1. The number of halogens is 1. The van der Waals surface area contributed by atoms with Crippen molar-refractivity contribution in [3.63, 3.8) is 0 Å². The van der Waals surface area contributed by atoms with E-state index in [-0.39, 0.29) is 30.3 Å². The first kappa shape index (κ1) is 21.9. The second kappa shape index (κ2) is 9.46. The average Bonchev–Trinajstić information content (AvgIpc) is 2.77. The van der Waals surface area contributed by atoms with Crippen LogP contribution >= 0.6 is 23.4 Å². The third kappa shape index (κ3) is 5.12. The maximum atomic E-state index is 12.9. The predicted molar refractivity (Wildman–Crippen MR) is 122 cm³/mol. The zero-order chi connectivity index (χ0) is 22.7. The fourth-order valence-corrected chi connectivity index (χ4v) is 4.33. The van der Waals surface area contributed by atoms with E-state index < -0.39 is 11.8 Å². The molecule has 2 amide bonds. The number of aromatic amines is 1. The third-order valence-electron chi connectivity index (χ3n) is 4.88. The number of benzene rings is 2. The molecule has 2 aromatic carbocycles. The molecule has 1 atom stereocenters. The Kier molecular flexibility index (Phi) is 6.48. The number of thioether (sulfide) groups is 1. The Morgan fingerprint density at radius 3 is 2.56 bits per heavy atom. The summed E-state index contributed by atoms with van der Waals surface area (Å²) in [5, 5.41) is 3.78. The zero-order valence-corrected chi connectivity index (χ0v) is 18.3. The Bertz CT molecular complexity index is 1210. The molecule has 32 heavy (non-hydrogen) atoms. The molecule has 0 saturated heterocycles. The fourth-order valence-electron chi connectivity index (χ4n) is 3.39. The van der Waals surface area contributed by atoms with Crippen LogP contribution in [0.5, 0.6) is 5.75 Å². The van der Waals surface area contributed by atoms with Crippen molar-refractivity contribution < 1.29 is 14.3 Å². The van der Waals surface area contributed by atoms with Crippen molar-refractivity contribution in [2.75, 3.05) is 11.9 Å². The summed E-state index contributed by atoms with van der Waals surface area (Å²) in [6.07, 6.45) is 0.122. The molecule has 1 aromatic heterocycles. The van der Waals surface area contributed by atoms with Crippen LogP contribution in [0.25, 0.3) is 0 Å². The van der Waals surface area contributed by atoms with Crippen molar-refractivity contribution in [2.45, 2.75) is 23.2 Å². The van der Waals surface area contributed by atoms with E-state index in [9.17, 15) is 14.4 Å². The second-order valence-corrected chi connectivity index (χ2v) is 8.58. The largest absolute Gasteiger partial charge is 0.484 e. The van der Waals surface area contributed by atoms with Gasteiger partial charge in [-0.2, -0.15) is 0 Å². The molecule has 0 bridgehead atoms. The lowest BCUT2D eigenvalue weighted by Gasteiger charge is -2.24. The van der Waals surface area contributed by atoms with Crippen molar-refractivity contribution in [3.8, 4) is 5.75 Å². The number of rotatable bonds is 7. The molecule has 164 valence electrons. The Balaban J connectivity index is 1.56. The number of ether oxygens (including phenoxy) is 1. The van der Waals surface area contributed by atoms with Crippen molar-refractivity contribution in [1.82, 2.24) is 9.97 Å². The number of hydrogen-bond acceptors (Lipinski definition) is 6. The summed E-state index contributed by atoms with van der Waals surface area (Å²) in [4.78, 5) is 43.4. The molecule has 8 nitrogen and oxygen atoms in total. The van der Waals surface area contributed by atoms with Crippen molar-refractivity contribution in [2.24, 2.45) is 5.73 Å². The van der Waals surface area contributed by atoms with Crippen LogP contribution in [0.2, 0.25) is 5.02 Å². The Labute approximate surface area is 192 Å². The lowest BCUT2D eigenvalue weighted by Crippen LogP contribution is -2.31. The molecule has 1 aliphatic rings. The summed E-state index contributed by atoms with van der Waals surface area (Å²) < 4.78 is 5.27. The molecule has 0 spiro atoms. The number of fused-ring (bicyclic) bond motifs is 1. The monoisotopic (exact) mass is 470 g/mol. The minimum atomic E-state index is -0.575. The Morgan fingerprint density at radius 1 is 1.16 bits per heavy atom. The predicted octanol–water partition coefficient (Wildman–Crippen LogP) is 3.05. The number of anilines is 1. The SMILES string of the molecule is NC(=O)COc1ccc([C@H]2CC(=O)Nc3nc(SCc4ccc(Cl)cc4)[nH]c(=O)c32)cc1. The molecular formula is C22H19ClN4O4S. The maximum Gasteiger partial charge on any atom is 0.257 e. The summed E-state index contributed by atoms with van der Waals surface area (Å²) in [5.74, 6) is 0.0769. The molecule has 3 aromatic rings. The van der Waals surface area contributed by atoms with E-state index in [1.165, 1.54) is 11.8 Å². The Hall–Kier alpha value is -3.30. The van der Waals surface area contributed by atoms with Gasteiger partial charge in [0.2, 0.25) is 5.91 Å². The van der Waals surface area contributed by atoms with E-state index in [2.05, 4.69) is 15.3 Å². The molecule has 0 radical (unpaired) electrons. The number of H-pyrrole nitrogens is 1. The van der Waals surface area contributed by atoms with E-state index in [0.717, 1.165) is 11.1 Å². The van der Waals surface area contributed by atoms with Gasteiger partial charge >= 0.3 is 0 Å². The molecule has 0 fully saturated rings. The van der Waals surface area contributed by atoms with Crippen molar-refractivity contribution in [1.29, 1.82) is 0 Å².